The molecule has 19 heavy (non-hydrogen) atoms. The summed E-state index contributed by atoms with van der Waals surface area (Å²) in [5, 5.41) is 5.93. The number of nitrogens with one attached hydrogen (secondary N) is 2. The highest BCUT2D eigenvalue weighted by molar-refractivity contribution is 7.90. The van der Waals surface area contributed by atoms with Crippen molar-refractivity contribution in [2.45, 2.75) is 4.90 Å². The van der Waals surface area contributed by atoms with Gasteiger partial charge in [0, 0.05) is 20.4 Å². The average molecular weight is 285 g/mol. The SMILES string of the molecule is CN=C(NC)NCCOc1ccc(S(C)(=O)=O)cc1. The minimum atomic E-state index is -3.15. The zero-order valence-corrected chi connectivity index (χ0v) is 12.1. The third kappa shape index (κ3) is 5.17. The van der Waals surface area contributed by atoms with E-state index in [1.807, 2.05) is 0 Å². The second kappa shape index (κ2) is 6.98. The summed E-state index contributed by atoms with van der Waals surface area (Å²) in [7, 11) is 0.307. The van der Waals surface area contributed by atoms with Crippen LogP contribution >= 0.6 is 0 Å². The number of sulfone groups is 1. The van der Waals surface area contributed by atoms with Crippen LogP contribution in [0.15, 0.2) is 34.2 Å². The van der Waals surface area contributed by atoms with E-state index in [4.69, 9.17) is 4.74 Å². The van der Waals surface area contributed by atoms with Gasteiger partial charge in [-0.15, -0.1) is 0 Å². The standard InChI is InChI=1S/C12H19N3O3S/c1-13-12(14-2)15-8-9-18-10-4-6-11(7-5-10)19(3,16)17/h4-7H,8-9H2,1-3H3,(H2,13,14,15). The summed E-state index contributed by atoms with van der Waals surface area (Å²) in [5.74, 6) is 1.32. The van der Waals surface area contributed by atoms with E-state index in [0.717, 1.165) is 0 Å². The molecule has 0 heterocycles. The van der Waals surface area contributed by atoms with Crippen LogP contribution in [0.3, 0.4) is 0 Å². The molecule has 0 bridgehead atoms. The first kappa shape index (κ1) is 15.3. The van der Waals surface area contributed by atoms with E-state index >= 15 is 0 Å². The van der Waals surface area contributed by atoms with Gasteiger partial charge in [0.2, 0.25) is 0 Å². The quantitative estimate of drug-likeness (QED) is 0.461. The summed E-state index contributed by atoms with van der Waals surface area (Å²) in [6.07, 6.45) is 1.18. The van der Waals surface area contributed by atoms with E-state index in [1.54, 1.807) is 26.2 Å². The number of hydrogen-bond donors (Lipinski definition) is 2. The van der Waals surface area contributed by atoms with Gasteiger partial charge in [-0.2, -0.15) is 0 Å². The molecule has 0 spiro atoms. The van der Waals surface area contributed by atoms with Crippen molar-refractivity contribution in [2.75, 3.05) is 33.5 Å². The summed E-state index contributed by atoms with van der Waals surface area (Å²) >= 11 is 0. The van der Waals surface area contributed by atoms with Gasteiger partial charge in [-0.05, 0) is 24.3 Å². The molecule has 7 heteroatoms. The molecule has 0 aliphatic heterocycles. The summed E-state index contributed by atoms with van der Waals surface area (Å²) in [6, 6.07) is 6.35. The number of ether oxygens (including phenoxy) is 1. The van der Waals surface area contributed by atoms with Gasteiger partial charge in [0.15, 0.2) is 15.8 Å². The highest BCUT2D eigenvalue weighted by Crippen LogP contribution is 2.15. The molecule has 0 atom stereocenters. The number of guanidine groups is 1. The minimum Gasteiger partial charge on any atom is -0.492 e. The molecule has 0 amide bonds. The van der Waals surface area contributed by atoms with E-state index < -0.39 is 9.84 Å². The highest BCUT2D eigenvalue weighted by Gasteiger charge is 2.06. The Morgan fingerprint density at radius 1 is 1.32 bits per heavy atom. The van der Waals surface area contributed by atoms with Crippen molar-refractivity contribution in [2.24, 2.45) is 4.99 Å². The van der Waals surface area contributed by atoms with Crippen LogP contribution in [0.25, 0.3) is 0 Å². The van der Waals surface area contributed by atoms with E-state index in [0.29, 0.717) is 24.9 Å². The Balaban J connectivity index is 2.43. The van der Waals surface area contributed by atoms with Gasteiger partial charge in [0.1, 0.15) is 12.4 Å². The molecule has 0 radical (unpaired) electrons. The van der Waals surface area contributed by atoms with Crippen LogP contribution in [-0.4, -0.2) is 47.9 Å². The van der Waals surface area contributed by atoms with Crippen LogP contribution in [0.5, 0.6) is 5.75 Å². The van der Waals surface area contributed by atoms with Gasteiger partial charge < -0.3 is 15.4 Å². The largest absolute Gasteiger partial charge is 0.492 e. The van der Waals surface area contributed by atoms with Crippen LogP contribution in [0.1, 0.15) is 0 Å². The van der Waals surface area contributed by atoms with Gasteiger partial charge in [0.05, 0.1) is 11.4 Å². The third-order valence-electron chi connectivity index (χ3n) is 2.38. The highest BCUT2D eigenvalue weighted by atomic mass is 32.2. The molecular formula is C12H19N3O3S. The Morgan fingerprint density at radius 3 is 2.42 bits per heavy atom. The van der Waals surface area contributed by atoms with Crippen LogP contribution in [-0.2, 0) is 9.84 Å². The first-order valence-electron chi connectivity index (χ1n) is 5.78. The predicted molar refractivity (Wildman–Crippen MR) is 75.5 cm³/mol. The molecule has 1 aromatic carbocycles. The molecule has 0 saturated heterocycles. The smallest absolute Gasteiger partial charge is 0.190 e. The first-order chi connectivity index (χ1) is 8.97. The topological polar surface area (TPSA) is 79.8 Å². The van der Waals surface area contributed by atoms with Gasteiger partial charge in [-0.3, -0.25) is 4.99 Å². The molecular weight excluding hydrogens is 266 g/mol. The minimum absolute atomic E-state index is 0.286. The molecule has 0 aliphatic rings. The molecule has 0 fully saturated rings. The van der Waals surface area contributed by atoms with E-state index in [1.165, 1.54) is 18.4 Å². The van der Waals surface area contributed by atoms with Gasteiger partial charge >= 0.3 is 0 Å². The Labute approximate surface area is 113 Å². The fourth-order valence-corrected chi connectivity index (χ4v) is 2.03. The summed E-state index contributed by atoms with van der Waals surface area (Å²) in [6.45, 7) is 1.06. The molecule has 1 aromatic rings. The van der Waals surface area contributed by atoms with Gasteiger partial charge in [-0.1, -0.05) is 0 Å². The number of aliphatic imine (C=N–C) groups is 1. The van der Waals surface area contributed by atoms with Crippen molar-refractivity contribution in [3.8, 4) is 5.75 Å². The molecule has 6 nitrogen and oxygen atoms in total. The van der Waals surface area contributed by atoms with E-state index in [-0.39, 0.29) is 4.90 Å². The van der Waals surface area contributed by atoms with E-state index in [9.17, 15) is 8.42 Å². The fourth-order valence-electron chi connectivity index (χ4n) is 1.40. The molecule has 106 valence electrons. The maximum Gasteiger partial charge on any atom is 0.190 e. The van der Waals surface area contributed by atoms with Crippen molar-refractivity contribution in [3.63, 3.8) is 0 Å². The monoisotopic (exact) mass is 285 g/mol. The normalized spacial score (nSPS) is 12.1. The zero-order valence-electron chi connectivity index (χ0n) is 11.3. The fraction of sp³-hybridized carbons (Fsp3) is 0.417. The lowest BCUT2D eigenvalue weighted by atomic mass is 10.3. The van der Waals surface area contributed by atoms with Crippen LogP contribution in [0.4, 0.5) is 0 Å². The van der Waals surface area contributed by atoms with E-state index in [2.05, 4.69) is 15.6 Å². The molecule has 0 aromatic heterocycles. The predicted octanol–water partition coefficient (Wildman–Crippen LogP) is 0.264. The van der Waals surface area contributed by atoms with Crippen molar-refractivity contribution >= 4 is 15.8 Å². The summed E-state index contributed by atoms with van der Waals surface area (Å²) < 4.78 is 28.0. The van der Waals surface area contributed by atoms with Crippen LogP contribution in [0, 0.1) is 0 Å². The van der Waals surface area contributed by atoms with Gasteiger partial charge in [-0.25, -0.2) is 8.42 Å². The molecule has 2 N–H and O–H groups in total. The zero-order chi connectivity index (χ0) is 14.3. The van der Waals surface area contributed by atoms with Crippen molar-refractivity contribution < 1.29 is 13.2 Å². The Bertz CT molecular complexity index is 524. The average Bonchev–Trinajstić information content (AvgIpc) is 2.38. The second-order valence-corrected chi connectivity index (χ2v) is 5.86. The lowest BCUT2D eigenvalue weighted by Crippen LogP contribution is -2.37. The van der Waals surface area contributed by atoms with Crippen molar-refractivity contribution in [1.82, 2.24) is 10.6 Å². The number of benzene rings is 1. The Kier molecular flexibility index (Phi) is 5.62. The lowest BCUT2D eigenvalue weighted by Gasteiger charge is -2.10. The maximum atomic E-state index is 11.3. The molecule has 1 rings (SSSR count). The third-order valence-corrected chi connectivity index (χ3v) is 3.50. The Hall–Kier alpha value is -1.76. The van der Waals surface area contributed by atoms with Crippen molar-refractivity contribution in [3.05, 3.63) is 24.3 Å². The Morgan fingerprint density at radius 2 is 1.95 bits per heavy atom. The summed E-state index contributed by atoms with van der Waals surface area (Å²) in [5.41, 5.74) is 0. The maximum absolute atomic E-state index is 11.3. The van der Waals surface area contributed by atoms with Crippen LogP contribution in [0.2, 0.25) is 0 Å². The van der Waals surface area contributed by atoms with Crippen molar-refractivity contribution in [1.29, 1.82) is 0 Å². The lowest BCUT2D eigenvalue weighted by molar-refractivity contribution is 0.322. The van der Waals surface area contributed by atoms with Gasteiger partial charge in [0.25, 0.3) is 0 Å². The molecule has 0 saturated carbocycles. The first-order valence-corrected chi connectivity index (χ1v) is 7.68. The number of rotatable bonds is 5. The van der Waals surface area contributed by atoms with Crippen LogP contribution < -0.4 is 15.4 Å². The number of nitrogens with zero attached hydrogens (tertiary/aromatic N) is 1. The molecule has 0 unspecified atom stereocenters. The summed E-state index contributed by atoms with van der Waals surface area (Å²) in [4.78, 5) is 4.25. The number of hydrogen-bond acceptors (Lipinski definition) is 4. The second-order valence-electron chi connectivity index (χ2n) is 3.84. The molecule has 0 aliphatic carbocycles.